The summed E-state index contributed by atoms with van der Waals surface area (Å²) in [6.45, 7) is 10.7. The fourth-order valence-electron chi connectivity index (χ4n) is 2.84. The SMILES string of the molecule is C=C1C(C)(C)CC[C@@H]2OC(=O)C[C@]12C. The summed E-state index contributed by atoms with van der Waals surface area (Å²) >= 11 is 0. The Hall–Kier alpha value is -0.790. The second-order valence-corrected chi connectivity index (χ2v) is 5.47. The Labute approximate surface area is 85.3 Å². The van der Waals surface area contributed by atoms with Crippen LogP contribution in [0.2, 0.25) is 0 Å². The first-order valence-corrected chi connectivity index (χ1v) is 5.26. The van der Waals surface area contributed by atoms with Gasteiger partial charge in [0.1, 0.15) is 6.10 Å². The van der Waals surface area contributed by atoms with Crippen molar-refractivity contribution in [2.75, 3.05) is 0 Å². The van der Waals surface area contributed by atoms with Gasteiger partial charge in [-0.05, 0) is 18.3 Å². The standard InChI is InChI=1S/C12H18O2/c1-8-11(2,3)6-5-9-12(8,4)7-10(13)14-9/h9H,1,5-7H2,2-4H3/t9-,12+/m0/s1. The van der Waals surface area contributed by atoms with Gasteiger partial charge >= 0.3 is 5.97 Å². The second kappa shape index (κ2) is 2.62. The Kier molecular flexibility index (Phi) is 1.82. The number of rotatable bonds is 0. The molecule has 2 heteroatoms. The summed E-state index contributed by atoms with van der Waals surface area (Å²) in [5, 5.41) is 0. The zero-order valence-corrected chi connectivity index (χ0v) is 9.22. The van der Waals surface area contributed by atoms with Crippen LogP contribution in [0.3, 0.4) is 0 Å². The smallest absolute Gasteiger partial charge is 0.307 e. The maximum atomic E-state index is 11.3. The maximum Gasteiger partial charge on any atom is 0.307 e. The van der Waals surface area contributed by atoms with Gasteiger partial charge in [0.05, 0.1) is 6.42 Å². The average Bonchev–Trinajstić information content (AvgIpc) is 2.36. The first-order chi connectivity index (χ1) is 6.36. The summed E-state index contributed by atoms with van der Waals surface area (Å²) in [6, 6.07) is 0. The van der Waals surface area contributed by atoms with Crippen LogP contribution in [-0.2, 0) is 9.53 Å². The van der Waals surface area contributed by atoms with Crippen LogP contribution < -0.4 is 0 Å². The third-order valence-corrected chi connectivity index (χ3v) is 4.03. The fourth-order valence-corrected chi connectivity index (χ4v) is 2.84. The highest BCUT2D eigenvalue weighted by Crippen LogP contribution is 2.55. The molecule has 0 aromatic carbocycles. The molecule has 0 spiro atoms. The van der Waals surface area contributed by atoms with Gasteiger partial charge in [-0.3, -0.25) is 4.79 Å². The molecule has 2 fully saturated rings. The van der Waals surface area contributed by atoms with Crippen molar-refractivity contribution in [3.05, 3.63) is 12.2 Å². The van der Waals surface area contributed by atoms with Crippen molar-refractivity contribution in [2.24, 2.45) is 10.8 Å². The molecule has 0 unspecified atom stereocenters. The van der Waals surface area contributed by atoms with Gasteiger partial charge in [-0.15, -0.1) is 0 Å². The molecule has 0 N–H and O–H groups in total. The minimum absolute atomic E-state index is 0.0589. The van der Waals surface area contributed by atoms with E-state index in [4.69, 9.17) is 4.74 Å². The Bertz CT molecular complexity index is 303. The van der Waals surface area contributed by atoms with E-state index in [2.05, 4.69) is 27.4 Å². The molecule has 2 rings (SSSR count). The largest absolute Gasteiger partial charge is 0.461 e. The molecular weight excluding hydrogens is 176 g/mol. The highest BCUT2D eigenvalue weighted by molar-refractivity contribution is 5.74. The van der Waals surface area contributed by atoms with Crippen LogP contribution >= 0.6 is 0 Å². The van der Waals surface area contributed by atoms with E-state index in [1.165, 1.54) is 5.57 Å². The van der Waals surface area contributed by atoms with Crippen LogP contribution in [0.1, 0.15) is 40.0 Å². The number of fused-ring (bicyclic) bond motifs is 1. The highest BCUT2D eigenvalue weighted by Gasteiger charge is 2.53. The van der Waals surface area contributed by atoms with Crippen molar-refractivity contribution in [3.63, 3.8) is 0 Å². The number of ether oxygens (including phenoxy) is 1. The molecule has 14 heavy (non-hydrogen) atoms. The minimum Gasteiger partial charge on any atom is -0.461 e. The molecule has 78 valence electrons. The summed E-state index contributed by atoms with van der Waals surface area (Å²) < 4.78 is 5.33. The van der Waals surface area contributed by atoms with Crippen molar-refractivity contribution in [2.45, 2.75) is 46.1 Å². The maximum absolute atomic E-state index is 11.3. The van der Waals surface area contributed by atoms with Crippen LogP contribution in [0.4, 0.5) is 0 Å². The molecular formula is C12H18O2. The number of hydrogen-bond acceptors (Lipinski definition) is 2. The van der Waals surface area contributed by atoms with E-state index in [9.17, 15) is 4.79 Å². The molecule has 1 aliphatic heterocycles. The van der Waals surface area contributed by atoms with E-state index in [1.54, 1.807) is 0 Å². The Morgan fingerprint density at radius 2 is 2.07 bits per heavy atom. The summed E-state index contributed by atoms with van der Waals surface area (Å²) in [4.78, 5) is 11.3. The molecule has 0 aromatic rings. The van der Waals surface area contributed by atoms with Crippen molar-refractivity contribution in [3.8, 4) is 0 Å². The lowest BCUT2D eigenvalue weighted by Gasteiger charge is -2.45. The molecule has 2 atom stereocenters. The lowest BCUT2D eigenvalue weighted by atomic mass is 9.59. The van der Waals surface area contributed by atoms with Gasteiger partial charge in [0.2, 0.25) is 0 Å². The van der Waals surface area contributed by atoms with E-state index < -0.39 is 0 Å². The van der Waals surface area contributed by atoms with Gasteiger partial charge in [0.25, 0.3) is 0 Å². The van der Waals surface area contributed by atoms with Gasteiger partial charge in [-0.25, -0.2) is 0 Å². The normalized spacial score (nSPS) is 40.6. The molecule has 0 bridgehead atoms. The zero-order valence-electron chi connectivity index (χ0n) is 9.22. The Balaban J connectivity index is 2.36. The number of hydrogen-bond donors (Lipinski definition) is 0. The van der Waals surface area contributed by atoms with Gasteiger partial charge in [-0.2, -0.15) is 0 Å². The van der Waals surface area contributed by atoms with Gasteiger partial charge < -0.3 is 4.74 Å². The molecule has 0 amide bonds. The van der Waals surface area contributed by atoms with Crippen LogP contribution in [0.25, 0.3) is 0 Å². The fraction of sp³-hybridized carbons (Fsp3) is 0.750. The third-order valence-electron chi connectivity index (χ3n) is 4.03. The molecule has 1 heterocycles. The molecule has 1 saturated heterocycles. The molecule has 0 radical (unpaired) electrons. The first-order valence-electron chi connectivity index (χ1n) is 5.26. The third kappa shape index (κ3) is 1.13. The predicted molar refractivity (Wildman–Crippen MR) is 54.8 cm³/mol. The van der Waals surface area contributed by atoms with Crippen LogP contribution in [-0.4, -0.2) is 12.1 Å². The van der Waals surface area contributed by atoms with E-state index in [1.807, 2.05) is 0 Å². The molecule has 1 aliphatic carbocycles. The van der Waals surface area contributed by atoms with Crippen LogP contribution in [0.15, 0.2) is 12.2 Å². The van der Waals surface area contributed by atoms with E-state index >= 15 is 0 Å². The summed E-state index contributed by atoms with van der Waals surface area (Å²) in [7, 11) is 0. The monoisotopic (exact) mass is 194 g/mol. The molecule has 0 aromatic heterocycles. The summed E-state index contributed by atoms with van der Waals surface area (Å²) in [6.07, 6.45) is 2.64. The summed E-state index contributed by atoms with van der Waals surface area (Å²) in [5.74, 6) is -0.0589. The van der Waals surface area contributed by atoms with E-state index in [0.29, 0.717) is 6.42 Å². The lowest BCUT2D eigenvalue weighted by molar-refractivity contribution is -0.142. The average molecular weight is 194 g/mol. The van der Waals surface area contributed by atoms with Gasteiger partial charge in [0.15, 0.2) is 0 Å². The second-order valence-electron chi connectivity index (χ2n) is 5.47. The topological polar surface area (TPSA) is 26.3 Å². The van der Waals surface area contributed by atoms with E-state index in [0.717, 1.165) is 12.8 Å². The lowest BCUT2D eigenvalue weighted by Crippen LogP contribution is -2.41. The van der Waals surface area contributed by atoms with E-state index in [-0.39, 0.29) is 22.9 Å². The summed E-state index contributed by atoms with van der Waals surface area (Å²) in [5.41, 5.74) is 1.23. The van der Waals surface area contributed by atoms with Crippen molar-refractivity contribution >= 4 is 5.97 Å². The van der Waals surface area contributed by atoms with Gasteiger partial charge in [0, 0.05) is 5.41 Å². The van der Waals surface area contributed by atoms with Crippen molar-refractivity contribution in [1.82, 2.24) is 0 Å². The van der Waals surface area contributed by atoms with Crippen LogP contribution in [0, 0.1) is 10.8 Å². The first kappa shape index (κ1) is 9.75. The Morgan fingerprint density at radius 1 is 1.43 bits per heavy atom. The quantitative estimate of drug-likeness (QED) is 0.438. The van der Waals surface area contributed by atoms with Crippen LogP contribution in [0.5, 0.6) is 0 Å². The molecule has 1 saturated carbocycles. The zero-order chi connectivity index (χ0) is 10.6. The number of carbonyl (C=O) groups excluding carboxylic acids is 1. The highest BCUT2D eigenvalue weighted by atomic mass is 16.6. The van der Waals surface area contributed by atoms with Gasteiger partial charge in [-0.1, -0.05) is 32.9 Å². The predicted octanol–water partition coefficient (Wildman–Crippen LogP) is 2.68. The molecule has 2 aliphatic rings. The minimum atomic E-state index is -0.112. The number of esters is 1. The van der Waals surface area contributed by atoms with Crippen molar-refractivity contribution < 1.29 is 9.53 Å². The number of carbonyl (C=O) groups is 1. The van der Waals surface area contributed by atoms with Crippen molar-refractivity contribution in [1.29, 1.82) is 0 Å². The molecule has 2 nitrogen and oxygen atoms in total. The Morgan fingerprint density at radius 3 is 2.71 bits per heavy atom.